The molecule has 1 fully saturated rings. The Bertz CT molecular complexity index is 388. The highest BCUT2D eigenvalue weighted by molar-refractivity contribution is 5.85. The third-order valence-corrected chi connectivity index (χ3v) is 3.42. The minimum Gasteiger partial charge on any atom is -0.325 e. The Hall–Kier alpha value is -0.740. The zero-order chi connectivity index (χ0) is 12.0. The molecule has 0 heterocycles. The molecule has 0 radical (unpaired) electrons. The number of benzene rings is 1. The van der Waals surface area contributed by atoms with Gasteiger partial charge in [0, 0.05) is 11.5 Å². The third-order valence-electron chi connectivity index (χ3n) is 3.42. The van der Waals surface area contributed by atoms with Crippen LogP contribution in [0.3, 0.4) is 0 Å². The van der Waals surface area contributed by atoms with Gasteiger partial charge in [-0.3, -0.25) is 0 Å². The van der Waals surface area contributed by atoms with Crippen LogP contribution < -0.4 is 5.73 Å². The number of hydrogen-bond donors (Lipinski definition) is 1. The van der Waals surface area contributed by atoms with E-state index in [-0.39, 0.29) is 23.9 Å². The number of hydrogen-bond acceptors (Lipinski definition) is 1. The fraction of sp³-hybridized carbons (Fsp3) is 0.500. The summed E-state index contributed by atoms with van der Waals surface area (Å²) in [4.78, 5) is 0. The molecule has 2 N–H and O–H groups in total. The molecule has 0 aromatic heterocycles. The van der Waals surface area contributed by atoms with Crippen molar-refractivity contribution in [2.45, 2.75) is 37.4 Å². The number of alkyl halides is 3. The Morgan fingerprint density at radius 2 is 1.82 bits per heavy atom. The van der Waals surface area contributed by atoms with Crippen LogP contribution in [0.15, 0.2) is 24.3 Å². The number of rotatable bonds is 2. The van der Waals surface area contributed by atoms with Crippen molar-refractivity contribution in [2.24, 2.45) is 5.73 Å². The minimum absolute atomic E-state index is 0. The molecule has 2 rings (SSSR count). The molecule has 1 aliphatic carbocycles. The maximum atomic E-state index is 12.3. The van der Waals surface area contributed by atoms with Crippen LogP contribution >= 0.6 is 12.4 Å². The first-order valence-electron chi connectivity index (χ1n) is 5.33. The summed E-state index contributed by atoms with van der Waals surface area (Å²) in [6, 6.07) is 5.34. The molecule has 0 amide bonds. The molecule has 0 unspecified atom stereocenters. The lowest BCUT2D eigenvalue weighted by Gasteiger charge is -2.10. The average Bonchev–Trinajstić information content (AvgIpc) is 2.91. The topological polar surface area (TPSA) is 26.0 Å². The predicted octanol–water partition coefficient (Wildman–Crippen LogP) is 3.72. The van der Waals surface area contributed by atoms with Gasteiger partial charge in [-0.05, 0) is 30.5 Å². The minimum atomic E-state index is -4.26. The van der Waals surface area contributed by atoms with Gasteiger partial charge in [0.2, 0.25) is 0 Å². The first kappa shape index (κ1) is 14.3. The van der Waals surface area contributed by atoms with Crippen molar-refractivity contribution in [3.05, 3.63) is 35.4 Å². The van der Waals surface area contributed by atoms with Gasteiger partial charge in [-0.2, -0.15) is 13.2 Å². The molecule has 0 spiro atoms. The van der Waals surface area contributed by atoms with E-state index in [0.717, 1.165) is 30.5 Å². The Balaban J connectivity index is 0.00000144. The molecule has 1 saturated carbocycles. The second-order valence-electron chi connectivity index (χ2n) is 4.46. The summed E-state index contributed by atoms with van der Waals surface area (Å²) in [5.41, 5.74) is 6.14. The molecule has 0 saturated heterocycles. The second kappa shape index (κ2) is 4.50. The highest BCUT2D eigenvalue weighted by Gasteiger charge is 2.50. The summed E-state index contributed by atoms with van der Waals surface area (Å²) in [6.45, 7) is 2.00. The van der Waals surface area contributed by atoms with Crippen LogP contribution in [0.4, 0.5) is 13.2 Å². The summed E-state index contributed by atoms with van der Waals surface area (Å²) in [5.74, 6) is 0.222. The van der Waals surface area contributed by atoms with Crippen molar-refractivity contribution in [1.29, 1.82) is 0 Å². The first-order valence-corrected chi connectivity index (χ1v) is 5.33. The average molecular weight is 266 g/mol. The molecule has 2 atom stereocenters. The van der Waals surface area contributed by atoms with E-state index in [1.54, 1.807) is 0 Å². The normalized spacial score (nSPS) is 27.5. The van der Waals surface area contributed by atoms with Gasteiger partial charge in [0.15, 0.2) is 0 Å². The van der Waals surface area contributed by atoms with Gasteiger partial charge in [0.1, 0.15) is 0 Å². The zero-order valence-electron chi connectivity index (χ0n) is 9.42. The van der Waals surface area contributed by atoms with Gasteiger partial charge in [-0.1, -0.05) is 19.1 Å². The van der Waals surface area contributed by atoms with E-state index in [4.69, 9.17) is 5.73 Å². The van der Waals surface area contributed by atoms with Gasteiger partial charge in [0.25, 0.3) is 0 Å². The van der Waals surface area contributed by atoms with Crippen LogP contribution in [0.25, 0.3) is 0 Å². The second-order valence-corrected chi connectivity index (χ2v) is 4.46. The van der Waals surface area contributed by atoms with E-state index < -0.39 is 11.7 Å². The lowest BCUT2D eigenvalue weighted by molar-refractivity contribution is -0.137. The molecule has 96 valence electrons. The van der Waals surface area contributed by atoms with Crippen molar-refractivity contribution in [2.75, 3.05) is 0 Å². The molecule has 0 bridgehead atoms. The fourth-order valence-corrected chi connectivity index (χ4v) is 2.07. The van der Waals surface area contributed by atoms with Gasteiger partial charge < -0.3 is 5.73 Å². The maximum absolute atomic E-state index is 12.3. The Labute approximate surface area is 105 Å². The number of halogens is 4. The summed E-state index contributed by atoms with van der Waals surface area (Å²) in [7, 11) is 0. The lowest BCUT2D eigenvalue weighted by Crippen LogP contribution is -2.22. The largest absolute Gasteiger partial charge is 0.416 e. The third kappa shape index (κ3) is 2.75. The quantitative estimate of drug-likeness (QED) is 0.866. The summed E-state index contributed by atoms with van der Waals surface area (Å²) >= 11 is 0. The molecule has 17 heavy (non-hydrogen) atoms. The fourth-order valence-electron chi connectivity index (χ4n) is 2.07. The van der Waals surface area contributed by atoms with E-state index >= 15 is 0 Å². The maximum Gasteiger partial charge on any atom is 0.416 e. The lowest BCUT2D eigenvalue weighted by atomic mass is 10.0. The van der Waals surface area contributed by atoms with Crippen molar-refractivity contribution < 1.29 is 13.2 Å². The van der Waals surface area contributed by atoms with Crippen LogP contribution in [0.1, 0.15) is 36.8 Å². The van der Waals surface area contributed by atoms with E-state index in [2.05, 4.69) is 0 Å². The Morgan fingerprint density at radius 3 is 2.18 bits per heavy atom. The van der Waals surface area contributed by atoms with E-state index in [9.17, 15) is 13.2 Å². The van der Waals surface area contributed by atoms with Crippen LogP contribution in [0.5, 0.6) is 0 Å². The van der Waals surface area contributed by atoms with E-state index in [1.807, 2.05) is 6.92 Å². The van der Waals surface area contributed by atoms with Crippen molar-refractivity contribution >= 4 is 12.4 Å². The molecule has 5 heteroatoms. The van der Waals surface area contributed by atoms with Crippen LogP contribution in [0.2, 0.25) is 0 Å². The summed E-state index contributed by atoms with van der Waals surface area (Å²) in [6.07, 6.45) is -2.53. The Morgan fingerprint density at radius 1 is 1.29 bits per heavy atom. The standard InChI is InChI=1S/C12H14F3N.ClH/c1-2-11(16)7-10(11)8-3-5-9(6-4-8)12(13,14)15;/h3-6,10H,2,7,16H2,1H3;1H/t10-,11+;/m1./s1. The van der Waals surface area contributed by atoms with E-state index in [0.29, 0.717) is 0 Å². The molecule has 1 aliphatic rings. The molecule has 0 aliphatic heterocycles. The van der Waals surface area contributed by atoms with Crippen LogP contribution in [-0.2, 0) is 6.18 Å². The molecule has 1 nitrogen and oxygen atoms in total. The number of nitrogens with two attached hydrogens (primary N) is 1. The monoisotopic (exact) mass is 265 g/mol. The van der Waals surface area contributed by atoms with Crippen molar-refractivity contribution in [3.63, 3.8) is 0 Å². The smallest absolute Gasteiger partial charge is 0.325 e. The molecular formula is C12H15ClF3N. The SMILES string of the molecule is CC[C@]1(N)C[C@@H]1c1ccc(C(F)(F)F)cc1.Cl. The van der Waals surface area contributed by atoms with Crippen LogP contribution in [-0.4, -0.2) is 5.54 Å². The highest BCUT2D eigenvalue weighted by atomic mass is 35.5. The van der Waals surface area contributed by atoms with Crippen molar-refractivity contribution in [3.8, 4) is 0 Å². The van der Waals surface area contributed by atoms with Crippen molar-refractivity contribution in [1.82, 2.24) is 0 Å². The van der Waals surface area contributed by atoms with Gasteiger partial charge in [0.05, 0.1) is 5.56 Å². The predicted molar refractivity (Wildman–Crippen MR) is 63.3 cm³/mol. The highest BCUT2D eigenvalue weighted by Crippen LogP contribution is 2.51. The van der Waals surface area contributed by atoms with Gasteiger partial charge in [-0.15, -0.1) is 12.4 Å². The Kier molecular flexibility index (Phi) is 3.79. The summed E-state index contributed by atoms with van der Waals surface area (Å²) < 4.78 is 37.0. The van der Waals surface area contributed by atoms with Gasteiger partial charge in [-0.25, -0.2) is 0 Å². The molecular weight excluding hydrogens is 251 g/mol. The summed E-state index contributed by atoms with van der Waals surface area (Å²) in [5, 5.41) is 0. The van der Waals surface area contributed by atoms with Gasteiger partial charge >= 0.3 is 6.18 Å². The zero-order valence-corrected chi connectivity index (χ0v) is 10.2. The molecule has 1 aromatic rings. The first-order chi connectivity index (χ1) is 7.37. The van der Waals surface area contributed by atoms with Crippen LogP contribution in [0, 0.1) is 0 Å². The molecule has 1 aromatic carbocycles. The van der Waals surface area contributed by atoms with E-state index in [1.165, 1.54) is 12.1 Å².